The van der Waals surface area contributed by atoms with Gasteiger partial charge in [-0.05, 0) is 89.2 Å². The minimum Gasteiger partial charge on any atom is -0.252 e. The summed E-state index contributed by atoms with van der Waals surface area (Å²) in [6.07, 6.45) is 3.02. The number of hydrogen-bond acceptors (Lipinski definition) is 1. The van der Waals surface area contributed by atoms with Crippen molar-refractivity contribution in [1.29, 1.82) is 0 Å². The third-order valence-corrected chi connectivity index (χ3v) is 11.2. The van der Waals surface area contributed by atoms with Crippen LogP contribution in [0.4, 0.5) is 0 Å². The summed E-state index contributed by atoms with van der Waals surface area (Å²) in [5, 5.41) is 2.62. The van der Waals surface area contributed by atoms with E-state index in [1.165, 1.54) is 72.0 Å². The van der Waals surface area contributed by atoms with Crippen molar-refractivity contribution in [2.75, 3.05) is 0 Å². The highest BCUT2D eigenvalue weighted by Gasteiger charge is 2.26. The zero-order chi connectivity index (χ0) is 36.0. The van der Waals surface area contributed by atoms with Crippen LogP contribution in [0.2, 0.25) is 0 Å². The molecule has 254 valence electrons. The van der Waals surface area contributed by atoms with Crippen molar-refractivity contribution in [3.63, 3.8) is 0 Å². The third kappa shape index (κ3) is 5.45. The number of allylic oxidation sites excluding steroid dienone is 2. The molecule has 1 heterocycles. The molecule has 0 aromatic heterocycles. The van der Waals surface area contributed by atoms with Crippen molar-refractivity contribution in [2.24, 2.45) is 4.99 Å². The minimum atomic E-state index is -0.0506. The van der Waals surface area contributed by atoms with Crippen molar-refractivity contribution >= 4 is 22.2 Å². The van der Waals surface area contributed by atoms with Crippen LogP contribution in [0.3, 0.4) is 0 Å². The van der Waals surface area contributed by atoms with Crippen molar-refractivity contribution in [3.05, 3.63) is 223 Å². The fourth-order valence-corrected chi connectivity index (χ4v) is 8.56. The normalized spacial score (nSPS) is 14.7. The smallest absolute Gasteiger partial charge is 0.0675 e. The summed E-state index contributed by atoms with van der Waals surface area (Å²) in [7, 11) is 0. The molecule has 1 aliphatic heterocycles. The third-order valence-electron chi connectivity index (χ3n) is 11.2. The van der Waals surface area contributed by atoms with Gasteiger partial charge in [-0.3, -0.25) is 4.99 Å². The second kappa shape index (κ2) is 13.3. The second-order valence-corrected chi connectivity index (χ2v) is 14.3. The molecule has 2 aliphatic rings. The van der Waals surface area contributed by atoms with Gasteiger partial charge in [-0.25, -0.2) is 0 Å². The monoisotopic (exact) mass is 687 g/mol. The predicted molar refractivity (Wildman–Crippen MR) is 229 cm³/mol. The van der Waals surface area contributed by atoms with Crippen LogP contribution >= 0.6 is 0 Å². The van der Waals surface area contributed by atoms with Gasteiger partial charge >= 0.3 is 0 Å². The molecular weight excluding hydrogens is 651 g/mol. The van der Waals surface area contributed by atoms with E-state index in [0.29, 0.717) is 6.42 Å². The van der Waals surface area contributed by atoms with Crippen LogP contribution in [-0.4, -0.2) is 5.71 Å². The second-order valence-electron chi connectivity index (χ2n) is 14.3. The standard InChI is InChI=1S/C53H37N/c1-35-33-51(38-17-6-3-7-18-38)54-52(39-29-27-37(28-30-39)36-15-4-2-5-16-36)34-50(35)45-24-13-10-20-41(45)40-19-8-9-21-42(40)46-31-32-49-44-23-12-11-22-43(44)47-25-14-26-48(46)53(47)49/h2-32,34,50H,1,33H2. The first-order chi connectivity index (χ1) is 26.7. The van der Waals surface area contributed by atoms with Gasteiger partial charge in [0.25, 0.3) is 0 Å². The Bertz CT molecular complexity index is 2760. The summed E-state index contributed by atoms with van der Waals surface area (Å²) in [5.41, 5.74) is 19.1. The fourth-order valence-electron chi connectivity index (χ4n) is 8.56. The maximum Gasteiger partial charge on any atom is 0.0675 e. The summed E-state index contributed by atoms with van der Waals surface area (Å²) in [4.78, 5) is 5.40. The summed E-state index contributed by atoms with van der Waals surface area (Å²) >= 11 is 0. The lowest BCUT2D eigenvalue weighted by atomic mass is 9.81. The topological polar surface area (TPSA) is 12.4 Å². The summed E-state index contributed by atoms with van der Waals surface area (Å²) in [6, 6.07) is 67.9. The average Bonchev–Trinajstić information content (AvgIpc) is 3.46. The van der Waals surface area contributed by atoms with Gasteiger partial charge in [0.1, 0.15) is 0 Å². The van der Waals surface area contributed by atoms with Gasteiger partial charge in [-0.15, -0.1) is 0 Å². The lowest BCUT2D eigenvalue weighted by molar-refractivity contribution is 0.977. The highest BCUT2D eigenvalue weighted by molar-refractivity contribution is 6.19. The SMILES string of the molecule is C=C1CC(c2ccccc2)=NC(c2ccc(-c3ccccc3)cc2)=CC1c1ccccc1-c1ccccc1-c1ccc2c3c(cccc13)-c1ccccc1-2. The molecule has 1 unspecified atom stereocenters. The van der Waals surface area contributed by atoms with E-state index in [1.807, 2.05) is 0 Å². The molecule has 8 aromatic rings. The Morgan fingerprint density at radius 3 is 1.56 bits per heavy atom. The van der Waals surface area contributed by atoms with E-state index in [0.717, 1.165) is 28.1 Å². The van der Waals surface area contributed by atoms with E-state index in [2.05, 4.69) is 194 Å². The molecule has 10 rings (SSSR count). The Kier molecular flexibility index (Phi) is 7.85. The largest absolute Gasteiger partial charge is 0.252 e. The molecule has 1 aliphatic carbocycles. The Labute approximate surface area is 317 Å². The molecule has 0 fully saturated rings. The van der Waals surface area contributed by atoms with E-state index in [1.54, 1.807) is 0 Å². The van der Waals surface area contributed by atoms with E-state index >= 15 is 0 Å². The van der Waals surface area contributed by atoms with Gasteiger partial charge in [0, 0.05) is 12.3 Å². The van der Waals surface area contributed by atoms with Crippen molar-refractivity contribution in [1.82, 2.24) is 0 Å². The molecule has 54 heavy (non-hydrogen) atoms. The first kappa shape index (κ1) is 31.9. The number of nitrogens with zero attached hydrogens (tertiary/aromatic N) is 1. The van der Waals surface area contributed by atoms with E-state index < -0.39 is 0 Å². The molecule has 1 nitrogen and oxygen atoms in total. The maximum atomic E-state index is 5.40. The van der Waals surface area contributed by atoms with Crippen LogP contribution in [0, 0.1) is 0 Å². The zero-order valence-electron chi connectivity index (χ0n) is 29.9. The first-order valence-electron chi connectivity index (χ1n) is 18.7. The lowest BCUT2D eigenvalue weighted by Gasteiger charge is -2.22. The number of aliphatic imine (C=N–C) groups is 1. The van der Waals surface area contributed by atoms with Crippen molar-refractivity contribution < 1.29 is 0 Å². The summed E-state index contributed by atoms with van der Waals surface area (Å²) in [5.74, 6) is -0.0506. The number of rotatable bonds is 6. The van der Waals surface area contributed by atoms with Crippen LogP contribution in [0.25, 0.3) is 72.1 Å². The average molecular weight is 688 g/mol. The molecule has 0 amide bonds. The Morgan fingerprint density at radius 2 is 0.870 bits per heavy atom. The zero-order valence-corrected chi connectivity index (χ0v) is 29.9. The van der Waals surface area contributed by atoms with Crippen LogP contribution < -0.4 is 0 Å². The molecule has 1 atom stereocenters. The number of hydrogen-bond donors (Lipinski definition) is 0. The van der Waals surface area contributed by atoms with Gasteiger partial charge in [-0.1, -0.05) is 200 Å². The van der Waals surface area contributed by atoms with E-state index in [4.69, 9.17) is 11.6 Å². The molecule has 1 heteroatoms. The van der Waals surface area contributed by atoms with E-state index in [-0.39, 0.29) is 5.92 Å². The van der Waals surface area contributed by atoms with Gasteiger partial charge in [0.2, 0.25) is 0 Å². The number of fused-ring (bicyclic) bond motifs is 3. The first-order valence-corrected chi connectivity index (χ1v) is 18.7. The molecule has 0 N–H and O–H groups in total. The van der Waals surface area contributed by atoms with Crippen LogP contribution in [0.1, 0.15) is 29.0 Å². The van der Waals surface area contributed by atoms with Gasteiger partial charge in [0.05, 0.1) is 11.4 Å². The summed E-state index contributed by atoms with van der Waals surface area (Å²) < 4.78 is 0. The fraction of sp³-hybridized carbons (Fsp3) is 0.0377. The van der Waals surface area contributed by atoms with Gasteiger partial charge in [0.15, 0.2) is 0 Å². The van der Waals surface area contributed by atoms with Gasteiger partial charge < -0.3 is 0 Å². The molecule has 0 spiro atoms. The quantitative estimate of drug-likeness (QED) is 0.154. The van der Waals surface area contributed by atoms with Crippen LogP contribution in [0.15, 0.2) is 211 Å². The summed E-state index contributed by atoms with van der Waals surface area (Å²) in [6.45, 7) is 4.77. The number of benzene rings is 8. The lowest BCUT2D eigenvalue weighted by Crippen LogP contribution is -2.06. The minimum absolute atomic E-state index is 0.0506. The molecule has 0 saturated heterocycles. The predicted octanol–water partition coefficient (Wildman–Crippen LogP) is 14.1. The highest BCUT2D eigenvalue weighted by atomic mass is 14.8. The van der Waals surface area contributed by atoms with Crippen LogP contribution in [0.5, 0.6) is 0 Å². The van der Waals surface area contributed by atoms with E-state index in [9.17, 15) is 0 Å². The molecule has 0 radical (unpaired) electrons. The molecular formula is C53H37N. The van der Waals surface area contributed by atoms with Gasteiger partial charge in [-0.2, -0.15) is 0 Å². The molecule has 8 aromatic carbocycles. The molecule has 0 saturated carbocycles. The van der Waals surface area contributed by atoms with Crippen molar-refractivity contribution in [3.8, 4) is 55.6 Å². The van der Waals surface area contributed by atoms with Crippen LogP contribution in [-0.2, 0) is 0 Å². The highest BCUT2D eigenvalue weighted by Crippen LogP contribution is 2.50. The maximum absolute atomic E-state index is 5.40. The Morgan fingerprint density at radius 1 is 0.389 bits per heavy atom. The Balaban J connectivity index is 1.11. The Hall–Kier alpha value is -6.83. The molecule has 0 bridgehead atoms. The van der Waals surface area contributed by atoms with Crippen molar-refractivity contribution in [2.45, 2.75) is 12.3 Å².